The molecule has 0 aliphatic heterocycles. The van der Waals surface area contributed by atoms with E-state index in [-0.39, 0.29) is 18.9 Å². The maximum Gasteiger partial charge on any atom is 1.00 e. The van der Waals surface area contributed by atoms with Gasteiger partial charge >= 0.3 is 18.9 Å². The predicted molar refractivity (Wildman–Crippen MR) is 69.6 cm³/mol. The Hall–Kier alpha value is -0.293. The van der Waals surface area contributed by atoms with E-state index in [1.54, 1.807) is 12.4 Å². The summed E-state index contributed by atoms with van der Waals surface area (Å²) >= 11 is 0. The smallest absolute Gasteiger partial charge is 0.376 e. The standard InChI is InChI=1S/C9H14N.C4H9N.Li/c1-3-5-6-7-8-9-10-4-2;1-3-5-4-2;/h4,6-7,9H,3,5H2,1-2H3;5H,1-4H2;/q-1;-2;+1/b7-6+,10-4?;;. The Labute approximate surface area is 113 Å². The molecule has 0 unspecified atom stereocenters. The van der Waals surface area contributed by atoms with Crippen LogP contribution in [0, 0.1) is 19.9 Å². The second kappa shape index (κ2) is 24.1. The number of aliphatic imine (C=N–C) groups is 1. The summed E-state index contributed by atoms with van der Waals surface area (Å²) in [6, 6.07) is 0. The third kappa shape index (κ3) is 29.2. The molecule has 0 bridgehead atoms. The van der Waals surface area contributed by atoms with Crippen molar-refractivity contribution in [2.24, 2.45) is 4.99 Å². The molecule has 0 heterocycles. The molecular formula is C13H23LiN2-2. The maximum atomic E-state index is 3.86. The van der Waals surface area contributed by atoms with Gasteiger partial charge in [-0.3, -0.25) is 4.99 Å². The Morgan fingerprint density at radius 3 is 2.31 bits per heavy atom. The van der Waals surface area contributed by atoms with E-state index in [2.05, 4.69) is 43.2 Å². The minimum absolute atomic E-state index is 0. The zero-order valence-electron chi connectivity index (χ0n) is 11.0. The Morgan fingerprint density at radius 1 is 1.31 bits per heavy atom. The van der Waals surface area contributed by atoms with Crippen LogP contribution in [0.5, 0.6) is 0 Å². The van der Waals surface area contributed by atoms with E-state index in [0.717, 1.165) is 19.5 Å². The SMILES string of the molecule is CC=NC=[C-]/C=C/CCC.[CH2-]CNC[CH2-].[Li+]. The number of unbranched alkanes of at least 4 members (excludes halogenated alkanes) is 1. The molecule has 0 aromatic carbocycles. The molecule has 88 valence electrons. The number of nitrogens with one attached hydrogen (secondary N) is 1. The Morgan fingerprint density at radius 2 is 1.94 bits per heavy atom. The van der Waals surface area contributed by atoms with E-state index in [1.165, 1.54) is 6.42 Å². The van der Waals surface area contributed by atoms with Crippen molar-refractivity contribution < 1.29 is 18.9 Å². The van der Waals surface area contributed by atoms with Gasteiger partial charge in [0.15, 0.2) is 0 Å². The summed E-state index contributed by atoms with van der Waals surface area (Å²) in [5.74, 6) is 0. The van der Waals surface area contributed by atoms with Gasteiger partial charge in [-0.25, -0.2) is 18.2 Å². The molecule has 0 saturated heterocycles. The van der Waals surface area contributed by atoms with Crippen molar-refractivity contribution in [2.75, 3.05) is 13.1 Å². The molecule has 0 spiro atoms. The molecule has 0 radical (unpaired) electrons. The molecule has 0 aromatic rings. The van der Waals surface area contributed by atoms with Gasteiger partial charge in [-0.05, 0) is 13.1 Å². The first-order valence-corrected chi connectivity index (χ1v) is 5.33. The van der Waals surface area contributed by atoms with Gasteiger partial charge in [-0.2, -0.15) is 0 Å². The number of rotatable bonds is 6. The number of allylic oxidation sites excluding steroid dienone is 3. The van der Waals surface area contributed by atoms with Gasteiger partial charge in [0, 0.05) is 0 Å². The summed E-state index contributed by atoms with van der Waals surface area (Å²) in [5, 5.41) is 2.89. The van der Waals surface area contributed by atoms with Crippen molar-refractivity contribution in [2.45, 2.75) is 26.7 Å². The van der Waals surface area contributed by atoms with Gasteiger partial charge in [0.05, 0.1) is 0 Å². The van der Waals surface area contributed by atoms with Crippen LogP contribution >= 0.6 is 0 Å². The third-order valence-corrected chi connectivity index (χ3v) is 1.32. The molecule has 0 fully saturated rings. The van der Waals surface area contributed by atoms with E-state index in [0.29, 0.717) is 0 Å². The first kappa shape index (κ1) is 21.0. The predicted octanol–water partition coefficient (Wildman–Crippen LogP) is -0.00153. The van der Waals surface area contributed by atoms with Crippen LogP contribution in [-0.2, 0) is 0 Å². The molecule has 16 heavy (non-hydrogen) atoms. The van der Waals surface area contributed by atoms with Crippen LogP contribution in [-0.4, -0.2) is 19.3 Å². The van der Waals surface area contributed by atoms with Gasteiger partial charge in [0.25, 0.3) is 0 Å². The summed E-state index contributed by atoms with van der Waals surface area (Å²) in [4.78, 5) is 3.86. The molecular weight excluding hydrogens is 191 g/mol. The van der Waals surface area contributed by atoms with Crippen molar-refractivity contribution >= 4 is 6.21 Å². The van der Waals surface area contributed by atoms with Gasteiger partial charge in [-0.15, -0.1) is 19.5 Å². The molecule has 0 saturated carbocycles. The van der Waals surface area contributed by atoms with Crippen LogP contribution in [0.3, 0.4) is 0 Å². The molecule has 0 aromatic heterocycles. The van der Waals surface area contributed by atoms with Crippen molar-refractivity contribution in [3.63, 3.8) is 0 Å². The first-order valence-electron chi connectivity index (χ1n) is 5.33. The fourth-order valence-electron chi connectivity index (χ4n) is 0.604. The van der Waals surface area contributed by atoms with Crippen LogP contribution < -0.4 is 24.2 Å². The van der Waals surface area contributed by atoms with Gasteiger partial charge in [-0.1, -0.05) is 19.5 Å². The first-order chi connectivity index (χ1) is 7.33. The van der Waals surface area contributed by atoms with Crippen molar-refractivity contribution in [1.82, 2.24) is 5.32 Å². The van der Waals surface area contributed by atoms with Crippen LogP contribution in [0.1, 0.15) is 26.7 Å². The second-order valence-electron chi connectivity index (χ2n) is 2.64. The molecule has 0 amide bonds. The van der Waals surface area contributed by atoms with Crippen molar-refractivity contribution in [1.29, 1.82) is 0 Å². The van der Waals surface area contributed by atoms with E-state index in [4.69, 9.17) is 0 Å². The summed E-state index contributed by atoms with van der Waals surface area (Å²) in [7, 11) is 0. The van der Waals surface area contributed by atoms with Crippen LogP contribution in [0.2, 0.25) is 0 Å². The third-order valence-electron chi connectivity index (χ3n) is 1.32. The zero-order chi connectivity index (χ0) is 11.8. The Bertz CT molecular complexity index is 173. The monoisotopic (exact) mass is 214 g/mol. The van der Waals surface area contributed by atoms with Gasteiger partial charge in [0.1, 0.15) is 0 Å². The fourth-order valence-corrected chi connectivity index (χ4v) is 0.604. The van der Waals surface area contributed by atoms with Crippen molar-refractivity contribution in [3.05, 3.63) is 38.3 Å². The Kier molecular flexibility index (Phi) is 31.7. The fraction of sp³-hybridized carbons (Fsp3) is 0.462. The van der Waals surface area contributed by atoms with Crippen LogP contribution in [0.15, 0.2) is 23.3 Å². The van der Waals surface area contributed by atoms with Gasteiger partial charge in [0.2, 0.25) is 0 Å². The summed E-state index contributed by atoms with van der Waals surface area (Å²) < 4.78 is 0. The van der Waals surface area contributed by atoms with E-state index in [9.17, 15) is 0 Å². The largest absolute Gasteiger partial charge is 1.00 e. The minimum Gasteiger partial charge on any atom is -0.376 e. The maximum absolute atomic E-state index is 3.86. The number of nitrogens with zero attached hydrogens (tertiary/aromatic N) is 1. The summed E-state index contributed by atoms with van der Waals surface area (Å²) in [6.07, 6.45) is 12.6. The zero-order valence-corrected chi connectivity index (χ0v) is 11.0. The molecule has 0 aliphatic rings. The number of hydrogen-bond donors (Lipinski definition) is 1. The summed E-state index contributed by atoms with van der Waals surface area (Å²) in [5.41, 5.74) is 0. The molecule has 0 aliphatic carbocycles. The van der Waals surface area contributed by atoms with E-state index < -0.39 is 0 Å². The summed E-state index contributed by atoms with van der Waals surface area (Å²) in [6.45, 7) is 12.6. The average Bonchev–Trinajstić information content (AvgIpc) is 2.25. The molecule has 3 heteroatoms. The molecule has 0 rings (SSSR count). The van der Waals surface area contributed by atoms with E-state index >= 15 is 0 Å². The molecule has 1 N–H and O–H groups in total. The van der Waals surface area contributed by atoms with Crippen LogP contribution in [0.4, 0.5) is 0 Å². The van der Waals surface area contributed by atoms with Crippen molar-refractivity contribution in [3.8, 4) is 0 Å². The normalized spacial score (nSPS) is 10.5. The van der Waals surface area contributed by atoms with Crippen LogP contribution in [0.25, 0.3) is 0 Å². The molecule has 2 nitrogen and oxygen atoms in total. The average molecular weight is 214 g/mol. The molecule has 0 atom stereocenters. The minimum atomic E-state index is 0. The second-order valence-corrected chi connectivity index (χ2v) is 2.64. The Balaban J connectivity index is -0.000000242. The number of hydrogen-bond acceptors (Lipinski definition) is 2. The van der Waals surface area contributed by atoms with Gasteiger partial charge < -0.3 is 19.2 Å². The topological polar surface area (TPSA) is 24.4 Å². The quantitative estimate of drug-likeness (QED) is 0.286. The van der Waals surface area contributed by atoms with E-state index in [1.807, 2.05) is 13.0 Å².